The number of carboxylic acids is 1. The summed E-state index contributed by atoms with van der Waals surface area (Å²) in [6, 6.07) is 22.0. The van der Waals surface area contributed by atoms with Gasteiger partial charge in [-0.3, -0.25) is 4.79 Å². The fourth-order valence-corrected chi connectivity index (χ4v) is 3.66. The second kappa shape index (κ2) is 8.37. The highest BCUT2D eigenvalue weighted by molar-refractivity contribution is 5.70. The van der Waals surface area contributed by atoms with Gasteiger partial charge in [0.25, 0.3) is 0 Å². The van der Waals surface area contributed by atoms with Gasteiger partial charge in [0.05, 0.1) is 6.42 Å². The van der Waals surface area contributed by atoms with E-state index in [0.717, 1.165) is 22.3 Å². The number of aliphatic carboxylic acids is 1. The number of carboxylic acid groups (broad SMARTS) is 1. The monoisotopic (exact) mass is 400 g/mol. The molecule has 30 heavy (non-hydrogen) atoms. The van der Waals surface area contributed by atoms with E-state index in [1.54, 1.807) is 18.2 Å². The minimum absolute atomic E-state index is 0.0227. The van der Waals surface area contributed by atoms with Gasteiger partial charge in [-0.2, -0.15) is 0 Å². The summed E-state index contributed by atoms with van der Waals surface area (Å²) < 4.78 is 20.5. The summed E-state index contributed by atoms with van der Waals surface area (Å²) in [4.78, 5) is 10.6. The molecule has 3 nitrogen and oxygen atoms in total. The van der Waals surface area contributed by atoms with Gasteiger partial charge in [0, 0.05) is 12.0 Å². The lowest BCUT2D eigenvalue weighted by atomic mass is 9.81. The topological polar surface area (TPSA) is 46.5 Å². The first-order chi connectivity index (χ1) is 14.5. The molecule has 4 rings (SSSR count). The van der Waals surface area contributed by atoms with E-state index in [9.17, 15) is 9.18 Å². The molecule has 4 heteroatoms. The fraction of sp³-hybridized carbons (Fsp3) is 0.115. The Balaban J connectivity index is 1.65. The summed E-state index contributed by atoms with van der Waals surface area (Å²) in [6.07, 6.45) is 7.94. The molecule has 0 aliphatic heterocycles. The van der Waals surface area contributed by atoms with Crippen molar-refractivity contribution in [1.82, 2.24) is 0 Å². The Hall–Kier alpha value is -3.66. The van der Waals surface area contributed by atoms with Crippen molar-refractivity contribution in [3.05, 3.63) is 113 Å². The lowest BCUT2D eigenvalue weighted by molar-refractivity contribution is -0.135. The Morgan fingerprint density at radius 2 is 1.87 bits per heavy atom. The van der Waals surface area contributed by atoms with Crippen molar-refractivity contribution >= 4 is 18.1 Å². The van der Waals surface area contributed by atoms with Crippen molar-refractivity contribution < 1.29 is 19.0 Å². The first-order valence-corrected chi connectivity index (χ1v) is 9.75. The maximum Gasteiger partial charge on any atom is 0.307 e. The second-order valence-corrected chi connectivity index (χ2v) is 7.28. The molecule has 0 aromatic heterocycles. The number of hydrogen-bond acceptors (Lipinski definition) is 2. The van der Waals surface area contributed by atoms with Crippen LogP contribution in [0, 0.1) is 5.82 Å². The van der Waals surface area contributed by atoms with Crippen LogP contribution in [0.2, 0.25) is 0 Å². The predicted octanol–water partition coefficient (Wildman–Crippen LogP) is 5.86. The van der Waals surface area contributed by atoms with Crippen LogP contribution in [0.15, 0.2) is 84.9 Å². The zero-order valence-corrected chi connectivity index (χ0v) is 16.3. The van der Waals surface area contributed by atoms with E-state index in [2.05, 4.69) is 12.1 Å². The van der Waals surface area contributed by atoms with Crippen molar-refractivity contribution in [1.29, 1.82) is 0 Å². The van der Waals surface area contributed by atoms with E-state index < -0.39 is 11.6 Å². The summed E-state index contributed by atoms with van der Waals surface area (Å²) in [7, 11) is 0. The number of rotatable bonds is 6. The fourth-order valence-electron chi connectivity index (χ4n) is 3.66. The van der Waals surface area contributed by atoms with Crippen molar-refractivity contribution in [2.45, 2.75) is 18.4 Å². The molecule has 0 spiro atoms. The second-order valence-electron chi connectivity index (χ2n) is 7.28. The van der Waals surface area contributed by atoms with E-state index in [0.29, 0.717) is 12.2 Å². The van der Waals surface area contributed by atoms with E-state index in [4.69, 9.17) is 9.84 Å². The molecule has 1 aliphatic rings. The highest BCUT2D eigenvalue weighted by Gasteiger charge is 2.35. The van der Waals surface area contributed by atoms with Crippen LogP contribution in [0.4, 0.5) is 4.39 Å². The summed E-state index contributed by atoms with van der Waals surface area (Å²) in [5, 5.41) is 8.74. The highest BCUT2D eigenvalue weighted by atomic mass is 19.1. The predicted molar refractivity (Wildman–Crippen MR) is 116 cm³/mol. The van der Waals surface area contributed by atoms with Crippen molar-refractivity contribution in [2.75, 3.05) is 0 Å². The number of hydrogen-bond donors (Lipinski definition) is 1. The van der Waals surface area contributed by atoms with Gasteiger partial charge in [0.15, 0.2) is 5.60 Å². The number of halogens is 1. The average Bonchev–Trinajstić information content (AvgIpc) is 2.75. The standard InChI is InChI=1S/C26H21FO3/c27-23-9-4-8-22(17-23)26(16-15-20-6-1-2-7-21(20)18-26)30-24-13-11-19(12-14-24)5-3-10-25(28)29/h1-9,11-17H,10,18H2,(H,28,29). The van der Waals surface area contributed by atoms with Crippen LogP contribution in [-0.4, -0.2) is 11.1 Å². The van der Waals surface area contributed by atoms with Crippen LogP contribution in [0.5, 0.6) is 5.75 Å². The Bertz CT molecular complexity index is 1120. The normalized spacial score (nSPS) is 17.6. The molecule has 1 aliphatic carbocycles. The molecule has 1 N–H and O–H groups in total. The summed E-state index contributed by atoms with van der Waals surface area (Å²) in [5.41, 5.74) is 3.08. The van der Waals surface area contributed by atoms with Crippen LogP contribution in [-0.2, 0) is 16.8 Å². The van der Waals surface area contributed by atoms with E-state index in [1.807, 2.05) is 54.6 Å². The smallest absolute Gasteiger partial charge is 0.307 e. The van der Waals surface area contributed by atoms with E-state index in [-0.39, 0.29) is 12.2 Å². The maximum atomic E-state index is 14.0. The molecule has 3 aromatic carbocycles. The van der Waals surface area contributed by atoms with Gasteiger partial charge < -0.3 is 9.84 Å². The lowest BCUT2D eigenvalue weighted by Gasteiger charge is -2.35. The number of ether oxygens (including phenoxy) is 1. The Kier molecular flexibility index (Phi) is 5.48. The largest absolute Gasteiger partial charge is 0.481 e. The summed E-state index contributed by atoms with van der Waals surface area (Å²) in [6.45, 7) is 0. The molecule has 0 fully saturated rings. The molecular weight excluding hydrogens is 379 g/mol. The number of benzene rings is 3. The number of fused-ring (bicyclic) bond motifs is 1. The SMILES string of the molecule is O=C(O)CC=Cc1ccc(OC2(c3cccc(F)c3)C=Cc3ccccc3C2)cc1. The van der Waals surface area contributed by atoms with Crippen LogP contribution in [0.1, 0.15) is 28.7 Å². The molecule has 0 heterocycles. The molecular formula is C26H21FO3. The van der Waals surface area contributed by atoms with E-state index >= 15 is 0 Å². The molecule has 3 aromatic rings. The third kappa shape index (κ3) is 4.33. The third-order valence-electron chi connectivity index (χ3n) is 5.14. The highest BCUT2D eigenvalue weighted by Crippen LogP contribution is 2.38. The minimum atomic E-state index is -0.868. The third-order valence-corrected chi connectivity index (χ3v) is 5.14. The Morgan fingerprint density at radius 1 is 1.07 bits per heavy atom. The van der Waals surface area contributed by atoms with Crippen LogP contribution >= 0.6 is 0 Å². The zero-order valence-electron chi connectivity index (χ0n) is 16.3. The number of carbonyl (C=O) groups is 1. The molecule has 0 saturated carbocycles. The van der Waals surface area contributed by atoms with Crippen molar-refractivity contribution in [3.63, 3.8) is 0 Å². The molecule has 1 atom stereocenters. The van der Waals surface area contributed by atoms with Crippen LogP contribution in [0.25, 0.3) is 12.2 Å². The van der Waals surface area contributed by atoms with Gasteiger partial charge in [-0.05, 0) is 47.0 Å². The molecule has 1 unspecified atom stereocenters. The van der Waals surface area contributed by atoms with Crippen LogP contribution < -0.4 is 4.74 Å². The lowest BCUT2D eigenvalue weighted by Crippen LogP contribution is -2.35. The average molecular weight is 400 g/mol. The minimum Gasteiger partial charge on any atom is -0.481 e. The molecule has 0 saturated heterocycles. The van der Waals surface area contributed by atoms with Gasteiger partial charge in [-0.1, -0.05) is 66.8 Å². The van der Waals surface area contributed by atoms with Gasteiger partial charge >= 0.3 is 5.97 Å². The Morgan fingerprint density at radius 3 is 2.63 bits per heavy atom. The van der Waals surface area contributed by atoms with E-state index in [1.165, 1.54) is 12.1 Å². The van der Waals surface area contributed by atoms with Gasteiger partial charge in [-0.15, -0.1) is 0 Å². The zero-order chi connectivity index (χ0) is 21.0. The maximum absolute atomic E-state index is 14.0. The molecule has 150 valence electrons. The first kappa shape index (κ1) is 19.6. The summed E-state index contributed by atoms with van der Waals surface area (Å²) in [5.74, 6) is -0.520. The van der Waals surface area contributed by atoms with Crippen molar-refractivity contribution in [2.24, 2.45) is 0 Å². The quantitative estimate of drug-likeness (QED) is 0.564. The van der Waals surface area contributed by atoms with Crippen molar-refractivity contribution in [3.8, 4) is 5.75 Å². The molecule has 0 bridgehead atoms. The first-order valence-electron chi connectivity index (χ1n) is 9.75. The van der Waals surface area contributed by atoms with Crippen LogP contribution in [0.3, 0.4) is 0 Å². The van der Waals surface area contributed by atoms with Gasteiger partial charge in [-0.25, -0.2) is 4.39 Å². The summed E-state index contributed by atoms with van der Waals surface area (Å²) >= 11 is 0. The van der Waals surface area contributed by atoms with Gasteiger partial charge in [0.1, 0.15) is 11.6 Å². The van der Waals surface area contributed by atoms with Gasteiger partial charge in [0.2, 0.25) is 0 Å². The Labute approximate surface area is 174 Å². The molecule has 0 amide bonds. The molecule has 0 radical (unpaired) electrons.